The zero-order valence-electron chi connectivity index (χ0n) is 19.5. The number of nitrogens with zero attached hydrogens (tertiary/aromatic N) is 2. The first kappa shape index (κ1) is 26.7. The molecule has 0 fully saturated rings. The molecule has 190 valence electrons. The SMILES string of the molecule is CC(C)(O)C[C@@H]1Cc2ncc(NC(=O)c3c(Cl)cccc3Cl)cc2N(S(=O)(=O)c2cccc(Cl)c2)C1. The summed E-state index contributed by atoms with van der Waals surface area (Å²) in [5.74, 6) is -0.728. The second-order valence-corrected chi connectivity index (χ2v) is 12.4. The van der Waals surface area contributed by atoms with Gasteiger partial charge in [-0.25, -0.2) is 8.42 Å². The van der Waals surface area contributed by atoms with Crippen molar-refractivity contribution in [2.45, 2.75) is 37.2 Å². The maximum absolute atomic E-state index is 13.7. The van der Waals surface area contributed by atoms with Crippen LogP contribution in [0, 0.1) is 5.92 Å². The normalized spacial score (nSPS) is 15.9. The molecule has 4 rings (SSSR count). The number of nitrogens with one attached hydrogen (secondary N) is 1. The second kappa shape index (κ2) is 10.2. The third-order valence-corrected chi connectivity index (χ3v) is 8.38. The van der Waals surface area contributed by atoms with Crippen LogP contribution in [0.3, 0.4) is 0 Å². The smallest absolute Gasteiger partial charge is 0.264 e. The summed E-state index contributed by atoms with van der Waals surface area (Å²) < 4.78 is 28.7. The topological polar surface area (TPSA) is 99.6 Å². The molecule has 0 spiro atoms. The number of sulfonamides is 1. The van der Waals surface area contributed by atoms with Crippen molar-refractivity contribution < 1.29 is 18.3 Å². The zero-order valence-corrected chi connectivity index (χ0v) is 22.6. The minimum Gasteiger partial charge on any atom is -0.390 e. The Morgan fingerprint density at radius 3 is 2.44 bits per heavy atom. The minimum absolute atomic E-state index is 0.0298. The molecule has 2 heterocycles. The molecule has 0 bridgehead atoms. The first-order valence-electron chi connectivity index (χ1n) is 11.1. The predicted molar refractivity (Wildman–Crippen MR) is 143 cm³/mol. The summed E-state index contributed by atoms with van der Waals surface area (Å²) in [5, 5.41) is 13.7. The quantitative estimate of drug-likeness (QED) is 0.390. The largest absolute Gasteiger partial charge is 0.390 e. The van der Waals surface area contributed by atoms with Gasteiger partial charge in [0.2, 0.25) is 0 Å². The molecule has 36 heavy (non-hydrogen) atoms. The Bertz CT molecular complexity index is 1400. The average molecular weight is 569 g/mol. The van der Waals surface area contributed by atoms with Crippen LogP contribution in [0.25, 0.3) is 0 Å². The van der Waals surface area contributed by atoms with Crippen LogP contribution in [0.5, 0.6) is 0 Å². The number of aromatic nitrogens is 1. The van der Waals surface area contributed by atoms with Crippen LogP contribution in [0.4, 0.5) is 11.4 Å². The first-order chi connectivity index (χ1) is 16.8. The number of hydrogen-bond acceptors (Lipinski definition) is 5. The van der Waals surface area contributed by atoms with E-state index < -0.39 is 21.5 Å². The van der Waals surface area contributed by atoms with E-state index in [1.807, 2.05) is 0 Å². The lowest BCUT2D eigenvalue weighted by atomic mass is 9.87. The number of halogens is 3. The summed E-state index contributed by atoms with van der Waals surface area (Å²) in [5.41, 5.74) is 0.268. The summed E-state index contributed by atoms with van der Waals surface area (Å²) in [6.45, 7) is 3.50. The Hall–Kier alpha value is -2.36. The van der Waals surface area contributed by atoms with E-state index in [0.29, 0.717) is 24.2 Å². The Morgan fingerprint density at radius 2 is 1.81 bits per heavy atom. The molecule has 0 saturated carbocycles. The number of carbonyl (C=O) groups excluding carboxylic acids is 1. The Labute approximate surface area is 225 Å². The van der Waals surface area contributed by atoms with Crippen molar-refractivity contribution in [3.63, 3.8) is 0 Å². The molecular formula is C25H24Cl3N3O4S. The molecule has 1 aliphatic heterocycles. The van der Waals surface area contributed by atoms with E-state index in [1.165, 1.54) is 22.6 Å². The third kappa shape index (κ3) is 5.79. The van der Waals surface area contributed by atoms with Gasteiger partial charge in [0.15, 0.2) is 0 Å². The molecule has 0 radical (unpaired) electrons. The molecule has 1 amide bonds. The number of aliphatic hydroxyl groups is 1. The van der Waals surface area contributed by atoms with E-state index in [1.54, 1.807) is 50.2 Å². The van der Waals surface area contributed by atoms with Gasteiger partial charge in [-0.05, 0) is 69.0 Å². The number of pyridine rings is 1. The summed E-state index contributed by atoms with van der Waals surface area (Å²) in [4.78, 5) is 17.4. The summed E-state index contributed by atoms with van der Waals surface area (Å²) in [6.07, 6.45) is 2.29. The molecular weight excluding hydrogens is 545 g/mol. The van der Waals surface area contributed by atoms with Crippen LogP contribution in [-0.4, -0.2) is 36.6 Å². The van der Waals surface area contributed by atoms with E-state index in [4.69, 9.17) is 34.8 Å². The predicted octanol–water partition coefficient (Wildman–Crippen LogP) is 5.82. The molecule has 2 aromatic carbocycles. The number of amides is 1. The number of anilines is 2. The number of hydrogen-bond donors (Lipinski definition) is 2. The van der Waals surface area contributed by atoms with Crippen molar-refractivity contribution in [1.82, 2.24) is 4.98 Å². The lowest BCUT2D eigenvalue weighted by Crippen LogP contribution is -2.42. The number of carbonyl (C=O) groups is 1. The molecule has 7 nitrogen and oxygen atoms in total. The van der Waals surface area contributed by atoms with E-state index in [0.717, 1.165) is 0 Å². The Balaban J connectivity index is 1.74. The van der Waals surface area contributed by atoms with Gasteiger partial charge >= 0.3 is 0 Å². The van der Waals surface area contributed by atoms with Gasteiger partial charge in [-0.3, -0.25) is 14.1 Å². The minimum atomic E-state index is -4.02. The fourth-order valence-electron chi connectivity index (χ4n) is 4.33. The van der Waals surface area contributed by atoms with E-state index in [9.17, 15) is 18.3 Å². The van der Waals surface area contributed by atoms with E-state index >= 15 is 0 Å². The maximum atomic E-state index is 13.7. The average Bonchev–Trinajstić information content (AvgIpc) is 2.77. The van der Waals surface area contributed by atoms with Gasteiger partial charge in [0.25, 0.3) is 15.9 Å². The Morgan fingerprint density at radius 1 is 1.14 bits per heavy atom. The highest BCUT2D eigenvalue weighted by atomic mass is 35.5. The molecule has 1 atom stereocenters. The summed E-state index contributed by atoms with van der Waals surface area (Å²) in [6, 6.07) is 12.3. The lowest BCUT2D eigenvalue weighted by molar-refractivity contribution is 0.0532. The highest BCUT2D eigenvalue weighted by Gasteiger charge is 2.36. The van der Waals surface area contributed by atoms with Gasteiger partial charge in [-0.15, -0.1) is 0 Å². The first-order valence-corrected chi connectivity index (χ1v) is 13.7. The molecule has 0 saturated heterocycles. The number of benzene rings is 2. The molecule has 0 aliphatic carbocycles. The van der Waals surface area contributed by atoms with E-state index in [-0.39, 0.29) is 43.7 Å². The van der Waals surface area contributed by atoms with Crippen LogP contribution in [0.1, 0.15) is 36.3 Å². The standard InChI is InChI=1S/C25H24Cl3N3O4S/c1-25(2,33)12-15-9-21-22(31(14-15)36(34,35)18-6-3-5-16(26)10-18)11-17(13-29-21)30-24(32)23-19(27)7-4-8-20(23)28/h3-8,10-11,13,15,33H,9,12,14H2,1-2H3,(H,30,32)/t15-/m0/s1. The molecule has 2 N–H and O–H groups in total. The van der Waals surface area contributed by atoms with Crippen LogP contribution < -0.4 is 9.62 Å². The van der Waals surface area contributed by atoms with Crippen LogP contribution in [0.2, 0.25) is 15.1 Å². The maximum Gasteiger partial charge on any atom is 0.264 e. The Kier molecular flexibility index (Phi) is 7.55. The third-order valence-electron chi connectivity index (χ3n) is 5.74. The molecule has 11 heteroatoms. The zero-order chi connectivity index (χ0) is 26.3. The summed E-state index contributed by atoms with van der Waals surface area (Å²) in [7, 11) is -4.02. The summed E-state index contributed by atoms with van der Waals surface area (Å²) >= 11 is 18.4. The van der Waals surface area contributed by atoms with Crippen LogP contribution in [-0.2, 0) is 16.4 Å². The van der Waals surface area contributed by atoms with Crippen molar-refractivity contribution in [2.75, 3.05) is 16.2 Å². The van der Waals surface area contributed by atoms with Crippen molar-refractivity contribution in [3.8, 4) is 0 Å². The van der Waals surface area contributed by atoms with Gasteiger partial charge in [0.05, 0.1) is 49.4 Å². The van der Waals surface area contributed by atoms with Gasteiger partial charge in [0, 0.05) is 11.6 Å². The fourth-order valence-corrected chi connectivity index (χ4v) is 6.76. The van der Waals surface area contributed by atoms with Crippen LogP contribution in [0.15, 0.2) is 59.6 Å². The van der Waals surface area contributed by atoms with Crippen molar-refractivity contribution in [2.24, 2.45) is 5.92 Å². The van der Waals surface area contributed by atoms with Crippen molar-refractivity contribution in [1.29, 1.82) is 0 Å². The van der Waals surface area contributed by atoms with Crippen molar-refractivity contribution in [3.05, 3.63) is 81.1 Å². The van der Waals surface area contributed by atoms with Gasteiger partial charge in [0.1, 0.15) is 0 Å². The molecule has 1 aromatic heterocycles. The molecule has 0 unspecified atom stereocenters. The molecule has 3 aromatic rings. The highest BCUT2D eigenvalue weighted by molar-refractivity contribution is 7.92. The van der Waals surface area contributed by atoms with Gasteiger partial charge in [-0.1, -0.05) is 46.9 Å². The number of fused-ring (bicyclic) bond motifs is 1. The second-order valence-electron chi connectivity index (χ2n) is 9.32. The molecule has 1 aliphatic rings. The van der Waals surface area contributed by atoms with Gasteiger partial charge < -0.3 is 10.4 Å². The van der Waals surface area contributed by atoms with Gasteiger partial charge in [-0.2, -0.15) is 0 Å². The lowest BCUT2D eigenvalue weighted by Gasteiger charge is -2.37. The van der Waals surface area contributed by atoms with Crippen molar-refractivity contribution >= 4 is 62.1 Å². The monoisotopic (exact) mass is 567 g/mol. The highest BCUT2D eigenvalue weighted by Crippen LogP contribution is 2.37. The fraction of sp³-hybridized carbons (Fsp3) is 0.280. The van der Waals surface area contributed by atoms with E-state index in [2.05, 4.69) is 10.3 Å². The number of rotatable bonds is 6. The van der Waals surface area contributed by atoms with Crippen LogP contribution >= 0.6 is 34.8 Å².